The Hall–Kier alpha value is -2.10. The number of rotatable bonds is 5. The number of benzene rings is 1. The van der Waals surface area contributed by atoms with Crippen molar-refractivity contribution in [1.29, 1.82) is 0 Å². The number of pyridine rings is 1. The van der Waals surface area contributed by atoms with Crippen molar-refractivity contribution < 1.29 is 4.79 Å². The summed E-state index contributed by atoms with van der Waals surface area (Å²) < 4.78 is 0. The number of nitrogens with one attached hydrogen (secondary N) is 2. The van der Waals surface area contributed by atoms with Crippen molar-refractivity contribution in [2.45, 2.75) is 33.2 Å². The van der Waals surface area contributed by atoms with Gasteiger partial charge in [0, 0.05) is 35.8 Å². The van der Waals surface area contributed by atoms with Crippen LogP contribution < -0.4 is 10.6 Å². The van der Waals surface area contributed by atoms with Gasteiger partial charge in [-0.3, -0.25) is 9.78 Å². The molecule has 2 aromatic rings. The van der Waals surface area contributed by atoms with E-state index in [-0.39, 0.29) is 11.9 Å². The van der Waals surface area contributed by atoms with Gasteiger partial charge in [0.2, 0.25) is 5.91 Å². The molecule has 0 spiro atoms. The number of carbonyl (C=O) groups is 1. The van der Waals surface area contributed by atoms with Gasteiger partial charge in [-0.2, -0.15) is 0 Å². The van der Waals surface area contributed by atoms with E-state index >= 15 is 0 Å². The number of aryl methyl sites for hydroxylation is 1. The van der Waals surface area contributed by atoms with E-state index in [0.717, 1.165) is 22.3 Å². The van der Waals surface area contributed by atoms with Crippen molar-refractivity contribution in [3.8, 4) is 0 Å². The molecule has 0 radical (unpaired) electrons. The van der Waals surface area contributed by atoms with Gasteiger partial charge in [0.15, 0.2) is 0 Å². The zero-order valence-corrected chi connectivity index (χ0v) is 12.2. The lowest BCUT2D eigenvalue weighted by Gasteiger charge is -2.12. The third-order valence-electron chi connectivity index (χ3n) is 2.96. The summed E-state index contributed by atoms with van der Waals surface area (Å²) in [6.07, 6.45) is 0.466. The molecule has 1 aromatic heterocycles. The first-order valence-corrected chi connectivity index (χ1v) is 6.96. The highest BCUT2D eigenvalue weighted by Crippen LogP contribution is 2.22. The molecule has 4 heteroatoms. The number of carbonyl (C=O) groups excluding carboxylic acids is 1. The highest BCUT2D eigenvalue weighted by molar-refractivity contribution is 5.91. The number of para-hydroxylation sites is 1. The molecule has 0 bridgehead atoms. The fraction of sp³-hybridized carbons (Fsp3) is 0.375. The lowest BCUT2D eigenvalue weighted by Crippen LogP contribution is -2.31. The minimum absolute atomic E-state index is 0.0718. The van der Waals surface area contributed by atoms with E-state index in [9.17, 15) is 4.79 Å². The van der Waals surface area contributed by atoms with Gasteiger partial charge in [-0.1, -0.05) is 18.2 Å². The molecule has 4 nitrogen and oxygen atoms in total. The third kappa shape index (κ3) is 3.70. The first kappa shape index (κ1) is 14.3. The number of aromatic nitrogens is 1. The Kier molecular flexibility index (Phi) is 4.56. The predicted octanol–water partition coefficient (Wildman–Crippen LogP) is 2.87. The van der Waals surface area contributed by atoms with Gasteiger partial charge < -0.3 is 10.6 Å². The monoisotopic (exact) mass is 271 g/mol. The van der Waals surface area contributed by atoms with Gasteiger partial charge in [-0.05, 0) is 32.9 Å². The molecule has 0 saturated carbocycles. The van der Waals surface area contributed by atoms with E-state index in [1.807, 2.05) is 51.1 Å². The number of nitrogens with zero attached hydrogens (tertiary/aromatic N) is 1. The summed E-state index contributed by atoms with van der Waals surface area (Å²) in [5.74, 6) is 0.0718. The van der Waals surface area contributed by atoms with Crippen molar-refractivity contribution in [2.24, 2.45) is 0 Å². The number of hydrogen-bond donors (Lipinski definition) is 2. The average molecular weight is 271 g/mol. The maximum Gasteiger partial charge on any atom is 0.221 e. The van der Waals surface area contributed by atoms with Crippen molar-refractivity contribution in [3.63, 3.8) is 0 Å². The fourth-order valence-electron chi connectivity index (χ4n) is 2.16. The predicted molar refractivity (Wildman–Crippen MR) is 82.9 cm³/mol. The van der Waals surface area contributed by atoms with E-state index in [0.29, 0.717) is 13.0 Å². The Labute approximate surface area is 119 Å². The van der Waals surface area contributed by atoms with Crippen LogP contribution in [-0.4, -0.2) is 23.5 Å². The van der Waals surface area contributed by atoms with Crippen molar-refractivity contribution in [2.75, 3.05) is 11.9 Å². The van der Waals surface area contributed by atoms with Gasteiger partial charge in [-0.25, -0.2) is 0 Å². The minimum atomic E-state index is 0.0718. The maximum atomic E-state index is 11.6. The van der Waals surface area contributed by atoms with Crippen LogP contribution in [0.3, 0.4) is 0 Å². The Morgan fingerprint density at radius 2 is 2.05 bits per heavy atom. The van der Waals surface area contributed by atoms with Crippen molar-refractivity contribution in [1.82, 2.24) is 10.3 Å². The summed E-state index contributed by atoms with van der Waals surface area (Å²) in [4.78, 5) is 16.1. The van der Waals surface area contributed by atoms with Crippen LogP contribution in [0.2, 0.25) is 0 Å². The second-order valence-corrected chi connectivity index (χ2v) is 5.23. The summed E-state index contributed by atoms with van der Waals surface area (Å²) in [6.45, 7) is 6.52. The van der Waals surface area contributed by atoms with Crippen molar-refractivity contribution in [3.05, 3.63) is 36.0 Å². The van der Waals surface area contributed by atoms with Gasteiger partial charge in [-0.15, -0.1) is 0 Å². The molecule has 0 aliphatic rings. The van der Waals surface area contributed by atoms with Gasteiger partial charge >= 0.3 is 0 Å². The van der Waals surface area contributed by atoms with Crippen LogP contribution >= 0.6 is 0 Å². The molecule has 2 rings (SSSR count). The van der Waals surface area contributed by atoms with E-state index in [1.165, 1.54) is 0 Å². The molecule has 20 heavy (non-hydrogen) atoms. The first-order valence-electron chi connectivity index (χ1n) is 6.96. The molecule has 106 valence electrons. The van der Waals surface area contributed by atoms with E-state index in [2.05, 4.69) is 15.6 Å². The van der Waals surface area contributed by atoms with Crippen LogP contribution in [0.15, 0.2) is 30.3 Å². The van der Waals surface area contributed by atoms with Gasteiger partial charge in [0.1, 0.15) is 0 Å². The molecule has 0 aliphatic carbocycles. The van der Waals surface area contributed by atoms with Crippen LogP contribution in [0.25, 0.3) is 10.9 Å². The van der Waals surface area contributed by atoms with Crippen molar-refractivity contribution >= 4 is 22.5 Å². The molecule has 0 aliphatic heterocycles. The number of anilines is 1. The van der Waals surface area contributed by atoms with Crippen LogP contribution in [-0.2, 0) is 4.79 Å². The first-order chi connectivity index (χ1) is 9.56. The number of hydrogen-bond acceptors (Lipinski definition) is 3. The Balaban J connectivity index is 2.04. The van der Waals surface area contributed by atoms with E-state index < -0.39 is 0 Å². The largest absolute Gasteiger partial charge is 0.384 e. The second kappa shape index (κ2) is 6.37. The van der Waals surface area contributed by atoms with Gasteiger partial charge in [0.25, 0.3) is 0 Å². The zero-order valence-electron chi connectivity index (χ0n) is 12.2. The normalized spacial score (nSPS) is 10.8. The second-order valence-electron chi connectivity index (χ2n) is 5.23. The number of fused-ring (bicyclic) bond motifs is 1. The molecular formula is C16H21N3O. The summed E-state index contributed by atoms with van der Waals surface area (Å²) >= 11 is 0. The summed E-state index contributed by atoms with van der Waals surface area (Å²) in [7, 11) is 0. The van der Waals surface area contributed by atoms with Crippen LogP contribution in [0.1, 0.15) is 26.0 Å². The minimum Gasteiger partial charge on any atom is -0.384 e. The average Bonchev–Trinajstić information content (AvgIpc) is 2.37. The topological polar surface area (TPSA) is 54.0 Å². The lowest BCUT2D eigenvalue weighted by atomic mass is 10.1. The van der Waals surface area contributed by atoms with Crippen LogP contribution in [0, 0.1) is 6.92 Å². The molecule has 1 amide bonds. The molecule has 0 saturated heterocycles. The van der Waals surface area contributed by atoms with Crippen LogP contribution in [0.5, 0.6) is 0 Å². The molecular weight excluding hydrogens is 250 g/mol. The molecule has 0 fully saturated rings. The number of amides is 1. The highest BCUT2D eigenvalue weighted by atomic mass is 16.1. The fourth-order valence-corrected chi connectivity index (χ4v) is 2.16. The SMILES string of the molecule is Cc1cc(NCCC(=O)NC(C)C)c2ccccc2n1. The Bertz CT molecular complexity index is 608. The smallest absolute Gasteiger partial charge is 0.221 e. The van der Waals surface area contributed by atoms with E-state index in [1.54, 1.807) is 0 Å². The van der Waals surface area contributed by atoms with Crippen LogP contribution in [0.4, 0.5) is 5.69 Å². The third-order valence-corrected chi connectivity index (χ3v) is 2.96. The molecule has 1 aromatic carbocycles. The quantitative estimate of drug-likeness (QED) is 0.879. The van der Waals surface area contributed by atoms with E-state index in [4.69, 9.17) is 0 Å². The maximum absolute atomic E-state index is 11.6. The summed E-state index contributed by atoms with van der Waals surface area (Å²) in [5, 5.41) is 7.30. The lowest BCUT2D eigenvalue weighted by molar-refractivity contribution is -0.121. The Morgan fingerprint density at radius 3 is 2.80 bits per heavy atom. The summed E-state index contributed by atoms with van der Waals surface area (Å²) in [5.41, 5.74) is 2.98. The summed E-state index contributed by atoms with van der Waals surface area (Å²) in [6, 6.07) is 10.2. The highest BCUT2D eigenvalue weighted by Gasteiger charge is 2.05. The molecule has 0 atom stereocenters. The zero-order chi connectivity index (χ0) is 14.5. The van der Waals surface area contributed by atoms with Gasteiger partial charge in [0.05, 0.1) is 5.52 Å². The standard InChI is InChI=1S/C16H21N3O/c1-11(2)18-16(20)8-9-17-15-10-12(3)19-14-7-5-4-6-13(14)15/h4-7,10-11H,8-9H2,1-3H3,(H,17,19)(H,18,20). The molecule has 0 unspecified atom stereocenters. The molecule has 1 heterocycles. The Morgan fingerprint density at radius 1 is 1.30 bits per heavy atom. The molecule has 2 N–H and O–H groups in total.